The van der Waals surface area contributed by atoms with Crippen LogP contribution in [-0.2, 0) is 9.59 Å². The Labute approximate surface area is 110 Å². The lowest BCUT2D eigenvalue weighted by Crippen LogP contribution is -2.40. The molecule has 5 heteroatoms. The molecule has 0 radical (unpaired) electrons. The number of carbonyl (C=O) groups is 2. The van der Waals surface area contributed by atoms with Crippen LogP contribution in [0.4, 0.5) is 0 Å². The monoisotopic (exact) mass is 258 g/mol. The minimum Gasteiger partial charge on any atom is -0.481 e. The van der Waals surface area contributed by atoms with E-state index in [-0.39, 0.29) is 12.3 Å². The van der Waals surface area contributed by atoms with Crippen LogP contribution in [0.2, 0.25) is 0 Å². The van der Waals surface area contributed by atoms with Crippen LogP contribution in [0.5, 0.6) is 0 Å². The van der Waals surface area contributed by atoms with Crippen LogP contribution in [0.25, 0.3) is 0 Å². The lowest BCUT2D eigenvalue weighted by molar-refractivity contribution is -0.137. The molecule has 1 amide bonds. The number of rotatable bonds is 10. The number of carboxylic acids is 1. The summed E-state index contributed by atoms with van der Waals surface area (Å²) in [5, 5.41) is 8.54. The first-order chi connectivity index (χ1) is 8.51. The van der Waals surface area contributed by atoms with Gasteiger partial charge in [-0.2, -0.15) is 0 Å². The SMILES string of the molecule is CCCN(CCC)C(=O)CN(C)CCCC(=O)O. The van der Waals surface area contributed by atoms with Crippen molar-refractivity contribution in [3.63, 3.8) is 0 Å². The van der Waals surface area contributed by atoms with Crippen LogP contribution in [0, 0.1) is 0 Å². The second-order valence-corrected chi connectivity index (χ2v) is 4.62. The van der Waals surface area contributed by atoms with Crippen LogP contribution in [0.3, 0.4) is 0 Å². The van der Waals surface area contributed by atoms with Gasteiger partial charge in [-0.05, 0) is 32.9 Å². The molecule has 0 heterocycles. The van der Waals surface area contributed by atoms with Crippen molar-refractivity contribution in [2.45, 2.75) is 39.5 Å². The molecular weight excluding hydrogens is 232 g/mol. The highest BCUT2D eigenvalue weighted by Gasteiger charge is 2.13. The first-order valence-electron chi connectivity index (χ1n) is 6.69. The summed E-state index contributed by atoms with van der Waals surface area (Å²) in [7, 11) is 1.86. The van der Waals surface area contributed by atoms with E-state index in [1.807, 2.05) is 16.8 Å². The number of carboxylic acid groups (broad SMARTS) is 1. The smallest absolute Gasteiger partial charge is 0.303 e. The van der Waals surface area contributed by atoms with Gasteiger partial charge in [-0.3, -0.25) is 14.5 Å². The Bertz CT molecular complexity index is 251. The van der Waals surface area contributed by atoms with Crippen LogP contribution in [0.1, 0.15) is 39.5 Å². The van der Waals surface area contributed by atoms with Crippen molar-refractivity contribution in [3.05, 3.63) is 0 Å². The summed E-state index contributed by atoms with van der Waals surface area (Å²) < 4.78 is 0. The third-order valence-electron chi connectivity index (χ3n) is 2.68. The normalized spacial score (nSPS) is 10.7. The Kier molecular flexibility index (Phi) is 9.28. The molecule has 0 aliphatic carbocycles. The minimum absolute atomic E-state index is 0.136. The molecule has 0 aromatic rings. The largest absolute Gasteiger partial charge is 0.481 e. The summed E-state index contributed by atoms with van der Waals surface area (Å²) in [5.41, 5.74) is 0. The topological polar surface area (TPSA) is 60.9 Å². The van der Waals surface area contributed by atoms with Gasteiger partial charge in [-0.15, -0.1) is 0 Å². The van der Waals surface area contributed by atoms with Crippen LogP contribution in [-0.4, -0.2) is 60.0 Å². The van der Waals surface area contributed by atoms with Gasteiger partial charge in [0.1, 0.15) is 0 Å². The third kappa shape index (κ3) is 8.06. The Hall–Kier alpha value is -1.10. The number of amides is 1. The number of likely N-dealkylation sites (N-methyl/N-ethyl adjacent to an activating group) is 1. The van der Waals surface area contributed by atoms with Crippen molar-refractivity contribution in [3.8, 4) is 0 Å². The van der Waals surface area contributed by atoms with Gasteiger partial charge in [-0.1, -0.05) is 13.8 Å². The number of carbonyl (C=O) groups excluding carboxylic acids is 1. The Morgan fingerprint density at radius 1 is 1.06 bits per heavy atom. The molecule has 0 atom stereocenters. The van der Waals surface area contributed by atoms with E-state index in [0.717, 1.165) is 25.9 Å². The van der Waals surface area contributed by atoms with E-state index in [1.54, 1.807) is 0 Å². The number of hydrogen-bond acceptors (Lipinski definition) is 3. The molecule has 0 aliphatic heterocycles. The number of aliphatic carboxylic acids is 1. The fourth-order valence-corrected chi connectivity index (χ4v) is 1.81. The standard InChI is InChI=1S/C13H26N2O3/c1-4-8-15(9-5-2)12(16)11-14(3)10-6-7-13(17)18/h4-11H2,1-3H3,(H,17,18). The highest BCUT2D eigenvalue weighted by atomic mass is 16.4. The van der Waals surface area contributed by atoms with Crippen molar-refractivity contribution in [2.75, 3.05) is 33.2 Å². The second kappa shape index (κ2) is 9.88. The van der Waals surface area contributed by atoms with Crippen molar-refractivity contribution < 1.29 is 14.7 Å². The van der Waals surface area contributed by atoms with E-state index in [2.05, 4.69) is 13.8 Å². The molecule has 0 rings (SSSR count). The summed E-state index contributed by atoms with van der Waals surface area (Å²) in [6, 6.07) is 0. The molecule has 0 aromatic carbocycles. The first kappa shape index (κ1) is 16.9. The molecule has 5 nitrogen and oxygen atoms in total. The summed E-state index contributed by atoms with van der Waals surface area (Å²) in [4.78, 5) is 26.2. The molecular formula is C13H26N2O3. The van der Waals surface area contributed by atoms with Gasteiger partial charge in [0.25, 0.3) is 0 Å². The molecule has 0 fully saturated rings. The zero-order valence-corrected chi connectivity index (χ0v) is 11.8. The van der Waals surface area contributed by atoms with E-state index < -0.39 is 5.97 Å². The van der Waals surface area contributed by atoms with E-state index in [4.69, 9.17) is 5.11 Å². The van der Waals surface area contributed by atoms with Gasteiger partial charge in [0, 0.05) is 19.5 Å². The van der Waals surface area contributed by atoms with Gasteiger partial charge in [0.05, 0.1) is 6.54 Å². The van der Waals surface area contributed by atoms with Gasteiger partial charge < -0.3 is 10.0 Å². The van der Waals surface area contributed by atoms with E-state index >= 15 is 0 Å². The maximum Gasteiger partial charge on any atom is 0.303 e. The fraction of sp³-hybridized carbons (Fsp3) is 0.846. The maximum atomic E-state index is 12.0. The lowest BCUT2D eigenvalue weighted by atomic mass is 10.3. The zero-order valence-electron chi connectivity index (χ0n) is 11.8. The van der Waals surface area contributed by atoms with Crippen molar-refractivity contribution in [2.24, 2.45) is 0 Å². The molecule has 0 spiro atoms. The maximum absolute atomic E-state index is 12.0. The highest BCUT2D eigenvalue weighted by molar-refractivity contribution is 5.78. The summed E-state index contributed by atoms with van der Waals surface area (Å²) in [6.07, 6.45) is 2.68. The van der Waals surface area contributed by atoms with Crippen molar-refractivity contribution in [1.82, 2.24) is 9.80 Å². The van der Waals surface area contributed by atoms with Gasteiger partial charge >= 0.3 is 5.97 Å². The van der Waals surface area contributed by atoms with Crippen LogP contribution in [0.15, 0.2) is 0 Å². The van der Waals surface area contributed by atoms with Gasteiger partial charge in [-0.25, -0.2) is 0 Å². The zero-order chi connectivity index (χ0) is 14.0. The molecule has 0 saturated heterocycles. The van der Waals surface area contributed by atoms with Crippen LogP contribution < -0.4 is 0 Å². The first-order valence-corrected chi connectivity index (χ1v) is 6.69. The minimum atomic E-state index is -0.784. The van der Waals surface area contributed by atoms with Gasteiger partial charge in [0.2, 0.25) is 5.91 Å². The molecule has 0 aromatic heterocycles. The Morgan fingerprint density at radius 2 is 1.61 bits per heavy atom. The second-order valence-electron chi connectivity index (χ2n) is 4.62. The van der Waals surface area contributed by atoms with Crippen molar-refractivity contribution in [1.29, 1.82) is 0 Å². The van der Waals surface area contributed by atoms with E-state index in [0.29, 0.717) is 19.5 Å². The lowest BCUT2D eigenvalue weighted by Gasteiger charge is -2.24. The number of hydrogen-bond donors (Lipinski definition) is 1. The Balaban J connectivity index is 3.98. The molecule has 1 N–H and O–H groups in total. The highest BCUT2D eigenvalue weighted by Crippen LogP contribution is 1.99. The third-order valence-corrected chi connectivity index (χ3v) is 2.68. The molecule has 0 saturated carbocycles. The fourth-order valence-electron chi connectivity index (χ4n) is 1.81. The van der Waals surface area contributed by atoms with Crippen LogP contribution >= 0.6 is 0 Å². The molecule has 0 aliphatic rings. The van der Waals surface area contributed by atoms with Gasteiger partial charge in [0.15, 0.2) is 0 Å². The molecule has 106 valence electrons. The summed E-state index contributed by atoms with van der Waals surface area (Å²) >= 11 is 0. The summed E-state index contributed by atoms with van der Waals surface area (Å²) in [5.74, 6) is -0.648. The average Bonchev–Trinajstić information content (AvgIpc) is 2.28. The quantitative estimate of drug-likeness (QED) is 0.644. The number of nitrogens with zero attached hydrogens (tertiary/aromatic N) is 2. The van der Waals surface area contributed by atoms with Crippen molar-refractivity contribution >= 4 is 11.9 Å². The molecule has 18 heavy (non-hydrogen) atoms. The molecule has 0 unspecified atom stereocenters. The predicted molar refractivity (Wildman–Crippen MR) is 71.5 cm³/mol. The predicted octanol–water partition coefficient (Wildman–Crippen LogP) is 1.43. The average molecular weight is 258 g/mol. The van der Waals surface area contributed by atoms with E-state index in [9.17, 15) is 9.59 Å². The Morgan fingerprint density at radius 3 is 2.06 bits per heavy atom. The molecule has 0 bridgehead atoms. The van der Waals surface area contributed by atoms with E-state index in [1.165, 1.54) is 0 Å². The summed E-state index contributed by atoms with van der Waals surface area (Å²) in [6.45, 7) is 6.74.